The van der Waals surface area contributed by atoms with Gasteiger partial charge in [-0.1, -0.05) is 19.1 Å². The number of rotatable bonds is 11. The molecule has 0 amide bonds. The van der Waals surface area contributed by atoms with Gasteiger partial charge in [-0.3, -0.25) is 14.4 Å². The third kappa shape index (κ3) is 6.99. The lowest BCUT2D eigenvalue weighted by atomic mass is 9.84. The van der Waals surface area contributed by atoms with E-state index in [1.165, 1.54) is 70.7 Å². The highest BCUT2D eigenvalue weighted by Crippen LogP contribution is 2.38. The van der Waals surface area contributed by atoms with E-state index in [9.17, 15) is 23.2 Å². The Bertz CT molecular complexity index is 1410. The first-order valence-electron chi connectivity index (χ1n) is 12.5. The number of benzene rings is 2. The molecule has 0 saturated heterocycles. The van der Waals surface area contributed by atoms with E-state index in [4.69, 9.17) is 18.9 Å². The molecule has 0 saturated carbocycles. The van der Waals surface area contributed by atoms with E-state index in [0.29, 0.717) is 16.7 Å². The second-order valence-electron chi connectivity index (χ2n) is 9.32. The molecule has 3 atom stereocenters. The van der Waals surface area contributed by atoms with Crippen molar-refractivity contribution in [1.29, 1.82) is 0 Å². The largest absolute Gasteiger partial charge is 0.496 e. The molecular weight excluding hydrogens is 524 g/mol. The average molecular weight is 556 g/mol. The number of Topliss-reactive ketones (excluding diaryl/α,β-unsaturated/α-hetero) is 1. The Labute approximate surface area is 231 Å². The van der Waals surface area contributed by atoms with Gasteiger partial charge in [-0.15, -0.1) is 0 Å². The van der Waals surface area contributed by atoms with Gasteiger partial charge in [-0.2, -0.15) is 0 Å². The maximum atomic E-state index is 14.0. The first kappa shape index (κ1) is 30.2. The molecule has 0 spiro atoms. The third-order valence-corrected chi connectivity index (χ3v) is 6.36. The molecule has 2 aromatic carbocycles. The molecule has 0 aliphatic heterocycles. The number of carbonyl (C=O) groups excluding carboxylic acids is 3. The van der Waals surface area contributed by atoms with E-state index in [-0.39, 0.29) is 29.4 Å². The van der Waals surface area contributed by atoms with Crippen LogP contribution in [0.2, 0.25) is 0 Å². The number of carbonyl (C=O) groups is 3. The van der Waals surface area contributed by atoms with Gasteiger partial charge >= 0.3 is 11.9 Å². The first-order chi connectivity index (χ1) is 19.0. The van der Waals surface area contributed by atoms with Crippen LogP contribution in [-0.4, -0.2) is 43.0 Å². The van der Waals surface area contributed by atoms with Crippen molar-refractivity contribution in [2.45, 2.75) is 46.1 Å². The Morgan fingerprint density at radius 2 is 1.52 bits per heavy atom. The smallest absolute Gasteiger partial charge is 0.309 e. The highest BCUT2D eigenvalue weighted by atomic mass is 19.1. The molecule has 0 N–H and O–H groups in total. The maximum Gasteiger partial charge on any atom is 0.309 e. The zero-order chi connectivity index (χ0) is 29.6. The van der Waals surface area contributed by atoms with Crippen LogP contribution in [0, 0.1) is 24.5 Å². The Hall–Kier alpha value is -4.34. The van der Waals surface area contributed by atoms with Crippen LogP contribution in [0.4, 0.5) is 8.78 Å². The van der Waals surface area contributed by atoms with E-state index >= 15 is 0 Å². The Kier molecular flexibility index (Phi) is 9.93. The number of aryl methyl sites for hydroxylation is 1. The summed E-state index contributed by atoms with van der Waals surface area (Å²) in [4.78, 5) is 41.8. The van der Waals surface area contributed by atoms with Gasteiger partial charge in [0.05, 0.1) is 20.1 Å². The second-order valence-corrected chi connectivity index (χ2v) is 9.32. The highest BCUT2D eigenvalue weighted by molar-refractivity contribution is 5.99. The standard InChI is InChI=1S/C30H31F2NO7/c1-16-13-20(31)7-9-22(16)27(23-10-8-21(32)15-26(23)38-6)18(3)39-30(36)17(2)14-24(35)28-29(40-19(4)34)25(37-5)11-12-33-28/h7-13,15,17-18,27H,14H2,1-6H3/t17-,18+,27-/m1/s1. The first-order valence-corrected chi connectivity index (χ1v) is 12.5. The van der Waals surface area contributed by atoms with Gasteiger partial charge in [-0.25, -0.2) is 13.8 Å². The van der Waals surface area contributed by atoms with Crippen LogP contribution in [0.5, 0.6) is 17.2 Å². The third-order valence-electron chi connectivity index (χ3n) is 6.36. The van der Waals surface area contributed by atoms with Gasteiger partial charge in [0.25, 0.3) is 0 Å². The molecule has 1 heterocycles. The second kappa shape index (κ2) is 13.1. The number of esters is 2. The number of halogens is 2. The topological polar surface area (TPSA) is 101 Å². The molecular formula is C30H31F2NO7. The van der Waals surface area contributed by atoms with Crippen molar-refractivity contribution in [3.05, 3.63) is 82.7 Å². The van der Waals surface area contributed by atoms with E-state index in [1.807, 2.05) is 0 Å². The number of hydrogen-bond donors (Lipinski definition) is 0. The molecule has 3 aromatic rings. The Morgan fingerprint density at radius 1 is 0.900 bits per heavy atom. The van der Waals surface area contributed by atoms with Crippen LogP contribution in [0.3, 0.4) is 0 Å². The summed E-state index contributed by atoms with van der Waals surface area (Å²) >= 11 is 0. The molecule has 0 bridgehead atoms. The molecule has 8 nitrogen and oxygen atoms in total. The molecule has 0 aliphatic rings. The van der Waals surface area contributed by atoms with Crippen molar-refractivity contribution in [3.63, 3.8) is 0 Å². The summed E-state index contributed by atoms with van der Waals surface area (Å²) in [5.41, 5.74) is 1.64. The predicted octanol–water partition coefficient (Wildman–Crippen LogP) is 5.58. The molecule has 10 heteroatoms. The van der Waals surface area contributed by atoms with Crippen LogP contribution in [0.15, 0.2) is 48.7 Å². The predicted molar refractivity (Wildman–Crippen MR) is 142 cm³/mol. The quantitative estimate of drug-likeness (QED) is 0.223. The summed E-state index contributed by atoms with van der Waals surface area (Å²) < 4.78 is 49.4. The molecule has 1 aromatic heterocycles. The number of nitrogens with zero attached hydrogens (tertiary/aromatic N) is 1. The van der Waals surface area contributed by atoms with Crippen LogP contribution < -0.4 is 14.2 Å². The zero-order valence-corrected chi connectivity index (χ0v) is 23.1. The summed E-state index contributed by atoms with van der Waals surface area (Å²) in [6.07, 6.45) is 0.218. The summed E-state index contributed by atoms with van der Waals surface area (Å²) in [7, 11) is 2.75. The summed E-state index contributed by atoms with van der Waals surface area (Å²) in [6.45, 7) is 6.08. The number of pyridine rings is 1. The number of ether oxygens (including phenoxy) is 4. The van der Waals surface area contributed by atoms with Gasteiger partial charge in [0.1, 0.15) is 23.5 Å². The van der Waals surface area contributed by atoms with Gasteiger partial charge in [-0.05, 0) is 43.2 Å². The fourth-order valence-corrected chi connectivity index (χ4v) is 4.46. The monoisotopic (exact) mass is 555 g/mol. The number of aromatic nitrogens is 1. The van der Waals surface area contributed by atoms with Crippen molar-refractivity contribution < 1.29 is 42.1 Å². The Balaban J connectivity index is 1.88. The molecule has 0 aliphatic carbocycles. The lowest BCUT2D eigenvalue weighted by molar-refractivity contribution is -0.153. The number of hydrogen-bond acceptors (Lipinski definition) is 8. The van der Waals surface area contributed by atoms with Gasteiger partial charge in [0.2, 0.25) is 5.75 Å². The van der Waals surface area contributed by atoms with Crippen molar-refractivity contribution in [3.8, 4) is 17.2 Å². The van der Waals surface area contributed by atoms with Crippen LogP contribution in [-0.2, 0) is 14.3 Å². The summed E-state index contributed by atoms with van der Waals surface area (Å²) in [5, 5.41) is 0. The van der Waals surface area contributed by atoms with Crippen molar-refractivity contribution in [2.75, 3.05) is 14.2 Å². The van der Waals surface area contributed by atoms with Crippen LogP contribution >= 0.6 is 0 Å². The SMILES string of the molecule is COc1cc(F)ccc1[C@@H](c1ccc(F)cc1C)[C@H](C)OC(=O)[C@H](C)CC(=O)c1nccc(OC)c1OC(C)=O. The number of methoxy groups -OCH3 is 2. The normalized spacial score (nSPS) is 13.1. The molecule has 212 valence electrons. The van der Waals surface area contributed by atoms with Gasteiger partial charge in [0.15, 0.2) is 17.2 Å². The molecule has 0 fully saturated rings. The van der Waals surface area contributed by atoms with Crippen molar-refractivity contribution in [2.24, 2.45) is 5.92 Å². The van der Waals surface area contributed by atoms with Crippen molar-refractivity contribution >= 4 is 17.7 Å². The number of ketones is 1. The minimum Gasteiger partial charge on any atom is -0.496 e. The fraction of sp³-hybridized carbons (Fsp3) is 0.333. The molecule has 3 rings (SSSR count). The van der Waals surface area contributed by atoms with Gasteiger partial charge < -0.3 is 18.9 Å². The molecule has 40 heavy (non-hydrogen) atoms. The minimum absolute atomic E-state index is 0.133. The highest BCUT2D eigenvalue weighted by Gasteiger charge is 2.32. The van der Waals surface area contributed by atoms with E-state index in [0.717, 1.165) is 0 Å². The fourth-order valence-electron chi connectivity index (χ4n) is 4.46. The minimum atomic E-state index is -0.904. The molecule has 0 radical (unpaired) electrons. The average Bonchev–Trinajstić information content (AvgIpc) is 2.90. The zero-order valence-electron chi connectivity index (χ0n) is 23.1. The Morgan fingerprint density at radius 3 is 2.12 bits per heavy atom. The van der Waals surface area contributed by atoms with E-state index < -0.39 is 47.3 Å². The lowest BCUT2D eigenvalue weighted by Crippen LogP contribution is -2.28. The van der Waals surface area contributed by atoms with E-state index in [2.05, 4.69) is 4.98 Å². The molecule has 0 unspecified atom stereocenters. The van der Waals surface area contributed by atoms with Gasteiger partial charge in [0, 0.05) is 43.2 Å². The van der Waals surface area contributed by atoms with Crippen molar-refractivity contribution in [1.82, 2.24) is 4.98 Å². The van der Waals surface area contributed by atoms with E-state index in [1.54, 1.807) is 19.9 Å². The maximum absolute atomic E-state index is 14.0. The van der Waals surface area contributed by atoms with Crippen LogP contribution in [0.1, 0.15) is 60.3 Å². The lowest BCUT2D eigenvalue weighted by Gasteiger charge is -2.28. The summed E-state index contributed by atoms with van der Waals surface area (Å²) in [5.74, 6) is -4.14. The van der Waals surface area contributed by atoms with Crippen LogP contribution in [0.25, 0.3) is 0 Å². The summed E-state index contributed by atoms with van der Waals surface area (Å²) in [6, 6.07) is 9.69.